The van der Waals surface area contributed by atoms with E-state index in [1.807, 2.05) is 0 Å². The number of esters is 1. The Morgan fingerprint density at radius 3 is 2.47 bits per heavy atom. The molecule has 0 aliphatic carbocycles. The molecule has 0 radical (unpaired) electrons. The lowest BCUT2D eigenvalue weighted by Gasteiger charge is -2.11. The van der Waals surface area contributed by atoms with Crippen LogP contribution in [0.25, 0.3) is 0 Å². The van der Waals surface area contributed by atoms with Crippen LogP contribution in [0, 0.1) is 0 Å². The number of anilines is 1. The summed E-state index contributed by atoms with van der Waals surface area (Å²) < 4.78 is 21.0. The molecule has 9 nitrogen and oxygen atoms in total. The normalized spacial score (nSPS) is 12.3. The van der Waals surface area contributed by atoms with E-state index in [4.69, 9.17) is 18.9 Å². The molecule has 2 N–H and O–H groups in total. The molecule has 0 atom stereocenters. The van der Waals surface area contributed by atoms with E-state index >= 15 is 0 Å². The highest BCUT2D eigenvalue weighted by Crippen LogP contribution is 2.32. The Morgan fingerprint density at radius 1 is 1.00 bits per heavy atom. The minimum Gasteiger partial charge on any atom is -0.497 e. The minimum absolute atomic E-state index is 0.359. The second-order valence-electron chi connectivity index (χ2n) is 6.33. The van der Waals surface area contributed by atoms with Crippen molar-refractivity contribution in [3.05, 3.63) is 48.0 Å². The molecule has 0 saturated heterocycles. The van der Waals surface area contributed by atoms with Gasteiger partial charge >= 0.3 is 5.97 Å². The second-order valence-corrected chi connectivity index (χ2v) is 6.33. The molecule has 1 aliphatic heterocycles. The summed E-state index contributed by atoms with van der Waals surface area (Å²) in [6.07, 6.45) is 0.779. The zero-order valence-corrected chi connectivity index (χ0v) is 16.4. The van der Waals surface area contributed by atoms with E-state index in [1.54, 1.807) is 42.5 Å². The van der Waals surface area contributed by atoms with Crippen LogP contribution >= 0.6 is 0 Å². The van der Waals surface area contributed by atoms with Crippen molar-refractivity contribution < 1.29 is 33.3 Å². The molecular weight excluding hydrogens is 392 g/mol. The fraction of sp³-hybridized carbons (Fsp3) is 0.286. The van der Waals surface area contributed by atoms with Gasteiger partial charge in [0.1, 0.15) is 12.3 Å². The summed E-state index contributed by atoms with van der Waals surface area (Å²) in [5, 5.41) is 5.05. The van der Waals surface area contributed by atoms with E-state index in [9.17, 15) is 14.4 Å². The first-order chi connectivity index (χ1) is 14.5. The van der Waals surface area contributed by atoms with Crippen molar-refractivity contribution in [2.45, 2.75) is 6.42 Å². The number of fused-ring (bicyclic) bond motifs is 1. The molecule has 0 bridgehead atoms. The van der Waals surface area contributed by atoms with Crippen molar-refractivity contribution in [3.8, 4) is 17.2 Å². The first-order valence-corrected chi connectivity index (χ1v) is 9.32. The summed E-state index contributed by atoms with van der Waals surface area (Å²) >= 11 is 0. The molecule has 158 valence electrons. The molecule has 0 fully saturated rings. The van der Waals surface area contributed by atoms with Crippen molar-refractivity contribution in [3.63, 3.8) is 0 Å². The molecule has 1 heterocycles. The molecule has 0 unspecified atom stereocenters. The maximum atomic E-state index is 12.0. The van der Waals surface area contributed by atoms with Gasteiger partial charge in [0.15, 0.2) is 18.1 Å². The minimum atomic E-state index is -0.731. The SMILES string of the molecule is COc1ccc(C(=O)NCC(=O)OCC(=O)Nc2ccc3c(c2)OCCCO3)cc1. The van der Waals surface area contributed by atoms with Gasteiger partial charge in [-0.2, -0.15) is 0 Å². The largest absolute Gasteiger partial charge is 0.497 e. The molecule has 3 rings (SSSR count). The van der Waals surface area contributed by atoms with Gasteiger partial charge in [0, 0.05) is 23.7 Å². The van der Waals surface area contributed by atoms with Gasteiger partial charge in [-0.15, -0.1) is 0 Å². The number of amides is 2. The Kier molecular flexibility index (Phi) is 7.09. The first-order valence-electron chi connectivity index (χ1n) is 9.32. The van der Waals surface area contributed by atoms with Crippen LogP contribution in [0.2, 0.25) is 0 Å². The van der Waals surface area contributed by atoms with E-state index < -0.39 is 24.4 Å². The summed E-state index contributed by atoms with van der Waals surface area (Å²) in [5.74, 6) is 0.0925. The monoisotopic (exact) mass is 414 g/mol. The van der Waals surface area contributed by atoms with Crippen molar-refractivity contribution >= 4 is 23.5 Å². The van der Waals surface area contributed by atoms with Crippen LogP contribution in [0.3, 0.4) is 0 Å². The van der Waals surface area contributed by atoms with Gasteiger partial charge in [0.25, 0.3) is 11.8 Å². The fourth-order valence-electron chi connectivity index (χ4n) is 2.63. The third-order valence-corrected chi connectivity index (χ3v) is 4.14. The molecule has 2 aromatic rings. The van der Waals surface area contributed by atoms with Crippen LogP contribution in [0.5, 0.6) is 17.2 Å². The van der Waals surface area contributed by atoms with Gasteiger partial charge < -0.3 is 29.6 Å². The second kappa shape index (κ2) is 10.1. The molecular formula is C21H22N2O7. The Hall–Kier alpha value is -3.75. The maximum absolute atomic E-state index is 12.0. The van der Waals surface area contributed by atoms with E-state index in [0.29, 0.717) is 41.7 Å². The van der Waals surface area contributed by atoms with Crippen LogP contribution in [-0.4, -0.2) is 51.3 Å². The number of carbonyl (C=O) groups is 3. The quantitative estimate of drug-likeness (QED) is 0.664. The molecule has 2 aromatic carbocycles. The third-order valence-electron chi connectivity index (χ3n) is 4.14. The zero-order chi connectivity index (χ0) is 21.3. The Morgan fingerprint density at radius 2 is 1.73 bits per heavy atom. The zero-order valence-electron chi connectivity index (χ0n) is 16.4. The van der Waals surface area contributed by atoms with Crippen LogP contribution in [0.4, 0.5) is 5.69 Å². The first kappa shape index (κ1) is 21.0. The van der Waals surface area contributed by atoms with Gasteiger partial charge in [-0.25, -0.2) is 0 Å². The summed E-state index contributed by atoms with van der Waals surface area (Å²) in [6, 6.07) is 11.4. The fourth-order valence-corrected chi connectivity index (χ4v) is 2.63. The number of methoxy groups -OCH3 is 1. The maximum Gasteiger partial charge on any atom is 0.325 e. The summed E-state index contributed by atoms with van der Waals surface area (Å²) in [5.41, 5.74) is 0.865. The van der Waals surface area contributed by atoms with Gasteiger partial charge in [0.2, 0.25) is 0 Å². The van der Waals surface area contributed by atoms with Crippen LogP contribution in [0.1, 0.15) is 16.8 Å². The smallest absolute Gasteiger partial charge is 0.325 e. The standard InChI is InChI=1S/C21H22N2O7/c1-27-16-6-3-14(4-7-16)21(26)22-12-20(25)30-13-19(24)23-15-5-8-17-18(11-15)29-10-2-9-28-17/h3-8,11H,2,9-10,12-13H2,1H3,(H,22,26)(H,23,24). The van der Waals surface area contributed by atoms with Crippen molar-refractivity contribution in [1.29, 1.82) is 0 Å². The highest BCUT2D eigenvalue weighted by atomic mass is 16.5. The number of nitrogens with one attached hydrogen (secondary N) is 2. The van der Waals surface area contributed by atoms with Crippen LogP contribution in [0.15, 0.2) is 42.5 Å². The summed E-state index contributed by atoms with van der Waals surface area (Å²) in [4.78, 5) is 35.8. The third kappa shape index (κ3) is 5.87. The molecule has 30 heavy (non-hydrogen) atoms. The molecule has 9 heteroatoms. The van der Waals surface area contributed by atoms with Crippen molar-refractivity contribution in [2.24, 2.45) is 0 Å². The van der Waals surface area contributed by atoms with Crippen molar-refractivity contribution in [2.75, 3.05) is 38.8 Å². The van der Waals surface area contributed by atoms with E-state index in [1.165, 1.54) is 7.11 Å². The number of hydrogen-bond donors (Lipinski definition) is 2. The topological polar surface area (TPSA) is 112 Å². The highest BCUT2D eigenvalue weighted by molar-refractivity contribution is 5.96. The molecule has 2 amide bonds. The van der Waals surface area contributed by atoms with Gasteiger partial charge in [0.05, 0.1) is 20.3 Å². The van der Waals surface area contributed by atoms with Crippen LogP contribution in [-0.2, 0) is 14.3 Å². The molecule has 1 aliphatic rings. The molecule has 0 saturated carbocycles. The van der Waals surface area contributed by atoms with Gasteiger partial charge in [-0.05, 0) is 36.4 Å². The lowest BCUT2D eigenvalue weighted by atomic mass is 10.2. The Bertz CT molecular complexity index is 912. The number of ether oxygens (including phenoxy) is 4. The number of rotatable bonds is 7. The molecule has 0 aromatic heterocycles. The Labute approximate surface area is 173 Å². The van der Waals surface area contributed by atoms with Gasteiger partial charge in [-0.3, -0.25) is 14.4 Å². The van der Waals surface area contributed by atoms with Gasteiger partial charge in [-0.1, -0.05) is 0 Å². The predicted octanol–water partition coefficient (Wildman–Crippen LogP) is 1.77. The lowest BCUT2D eigenvalue weighted by Crippen LogP contribution is -2.32. The summed E-state index contributed by atoms with van der Waals surface area (Å²) in [6.45, 7) is 0.266. The Balaban J connectivity index is 1.41. The van der Waals surface area contributed by atoms with E-state index in [-0.39, 0.29) is 6.54 Å². The average Bonchev–Trinajstić information content (AvgIpc) is 3.01. The number of hydrogen-bond acceptors (Lipinski definition) is 7. The number of benzene rings is 2. The molecule has 0 spiro atoms. The van der Waals surface area contributed by atoms with Crippen molar-refractivity contribution in [1.82, 2.24) is 5.32 Å². The average molecular weight is 414 g/mol. The highest BCUT2D eigenvalue weighted by Gasteiger charge is 2.14. The van der Waals surface area contributed by atoms with Crippen LogP contribution < -0.4 is 24.8 Å². The number of carbonyl (C=O) groups excluding carboxylic acids is 3. The van der Waals surface area contributed by atoms with E-state index in [0.717, 1.165) is 6.42 Å². The predicted molar refractivity (Wildman–Crippen MR) is 107 cm³/mol. The lowest BCUT2D eigenvalue weighted by molar-refractivity contribution is -0.146. The summed E-state index contributed by atoms with van der Waals surface area (Å²) in [7, 11) is 1.52. The van der Waals surface area contributed by atoms with E-state index in [2.05, 4.69) is 10.6 Å².